The van der Waals surface area contributed by atoms with Gasteiger partial charge in [-0.3, -0.25) is 19.4 Å². The number of carboxylic acid groups (broad SMARTS) is 2. The van der Waals surface area contributed by atoms with Gasteiger partial charge in [-0.15, -0.1) is 0 Å². The number of nitrogens with zero attached hydrogens (tertiary/aromatic N) is 5. The predicted octanol–water partition coefficient (Wildman–Crippen LogP) is 4.91. The average molecular weight is 911 g/mol. The van der Waals surface area contributed by atoms with Crippen LogP contribution in [-0.4, -0.2) is 139 Å². The van der Waals surface area contributed by atoms with E-state index in [-0.39, 0.29) is 36.2 Å². The van der Waals surface area contributed by atoms with Crippen molar-refractivity contribution in [2.24, 2.45) is 0 Å². The van der Waals surface area contributed by atoms with Gasteiger partial charge >= 0.3 is 11.9 Å². The standard InChI is InChI=1S/C51H54N6O10/c58-47(57-35-41-9-2-1-7-37(41)15-16-38-8-3-4-14-46(38)57)21-22-52-49(59)40-19-17-39(18-20-40)48(43-11-6-13-45(54-43)51(62)63)56-25-29-66-33-31-64-27-23-55(24-28-65-32-34-67-30-26-56)36-42-10-5-12-44(53-42)50(60)61/h1-14,17-20,48H,21-36H2,(H,52,59)(H,60,61)(H,62,63). The smallest absolute Gasteiger partial charge is 0.354 e. The van der Waals surface area contributed by atoms with Crippen LogP contribution in [0.3, 0.4) is 0 Å². The molecule has 1 unspecified atom stereocenters. The van der Waals surface area contributed by atoms with Gasteiger partial charge in [-0.2, -0.15) is 0 Å². The molecular formula is C51H54N6O10. The normalized spacial score (nSPS) is 16.3. The SMILES string of the molecule is O=C(NCCC(=O)N1Cc2ccccc2C#Cc2ccccc21)c1ccc(C(c2cccc(C(=O)O)n2)N2CCOCCOCCN(Cc3cccc(C(=O)O)n3)CCOCCOCC2)cc1. The van der Waals surface area contributed by atoms with Crippen LogP contribution in [0.25, 0.3) is 0 Å². The molecule has 67 heavy (non-hydrogen) atoms. The van der Waals surface area contributed by atoms with Gasteiger partial charge in [0.05, 0.1) is 82.5 Å². The van der Waals surface area contributed by atoms with E-state index < -0.39 is 18.0 Å². The van der Waals surface area contributed by atoms with Crippen LogP contribution in [0.15, 0.2) is 109 Å². The van der Waals surface area contributed by atoms with Gasteiger partial charge in [0.15, 0.2) is 0 Å². The number of anilines is 1. The summed E-state index contributed by atoms with van der Waals surface area (Å²) >= 11 is 0. The number of aromatic nitrogens is 2. The molecule has 2 aliphatic rings. The largest absolute Gasteiger partial charge is 0.477 e. The molecule has 0 aliphatic carbocycles. The zero-order valence-electron chi connectivity index (χ0n) is 37.2. The molecule has 1 atom stereocenters. The van der Waals surface area contributed by atoms with E-state index in [4.69, 9.17) is 18.9 Å². The minimum Gasteiger partial charge on any atom is -0.477 e. The molecule has 0 saturated carbocycles. The summed E-state index contributed by atoms with van der Waals surface area (Å²) in [5.41, 5.74) is 5.47. The Kier molecular flexibility index (Phi) is 17.7. The molecule has 3 aromatic carbocycles. The van der Waals surface area contributed by atoms with E-state index in [1.165, 1.54) is 12.1 Å². The molecule has 0 spiro atoms. The molecule has 5 aromatic rings. The molecule has 348 valence electrons. The first-order chi connectivity index (χ1) is 32.7. The monoisotopic (exact) mass is 910 g/mol. The Morgan fingerprint density at radius 3 is 1.88 bits per heavy atom. The van der Waals surface area contributed by atoms with Crippen molar-refractivity contribution in [2.75, 3.05) is 90.5 Å². The van der Waals surface area contributed by atoms with E-state index >= 15 is 0 Å². The van der Waals surface area contributed by atoms with E-state index in [0.29, 0.717) is 109 Å². The molecule has 16 heteroatoms. The van der Waals surface area contributed by atoms with Gasteiger partial charge in [0.25, 0.3) is 5.91 Å². The highest BCUT2D eigenvalue weighted by Crippen LogP contribution is 2.29. The fourth-order valence-corrected chi connectivity index (χ4v) is 7.79. The number of pyridine rings is 2. The Bertz CT molecular complexity index is 2520. The Morgan fingerprint density at radius 2 is 1.21 bits per heavy atom. The molecule has 1 saturated heterocycles. The number of benzene rings is 3. The van der Waals surface area contributed by atoms with E-state index in [1.54, 1.807) is 41.3 Å². The summed E-state index contributed by atoms with van der Waals surface area (Å²) in [4.78, 5) is 65.5. The zero-order chi connectivity index (χ0) is 46.8. The second-order valence-corrected chi connectivity index (χ2v) is 15.8. The van der Waals surface area contributed by atoms with Gasteiger partial charge in [0, 0.05) is 62.4 Å². The highest BCUT2D eigenvalue weighted by molar-refractivity contribution is 5.97. The first-order valence-electron chi connectivity index (χ1n) is 22.3. The molecule has 2 aromatic heterocycles. The number of carbonyl (C=O) groups excluding carboxylic acids is 2. The molecular weight excluding hydrogens is 857 g/mol. The number of hydrogen-bond acceptors (Lipinski definition) is 12. The summed E-state index contributed by atoms with van der Waals surface area (Å²) in [5.74, 6) is 3.72. The highest BCUT2D eigenvalue weighted by atomic mass is 16.5. The van der Waals surface area contributed by atoms with Crippen LogP contribution in [0, 0.1) is 11.8 Å². The number of aromatic carboxylic acids is 2. The van der Waals surface area contributed by atoms with Crippen LogP contribution < -0.4 is 10.2 Å². The molecule has 4 heterocycles. The summed E-state index contributed by atoms with van der Waals surface area (Å²) < 4.78 is 23.9. The zero-order valence-corrected chi connectivity index (χ0v) is 37.2. The second kappa shape index (κ2) is 24.6. The van der Waals surface area contributed by atoms with Crippen molar-refractivity contribution in [3.63, 3.8) is 0 Å². The van der Waals surface area contributed by atoms with Gasteiger partial charge < -0.3 is 39.4 Å². The summed E-state index contributed by atoms with van der Waals surface area (Å²) in [6.07, 6.45) is 0.0717. The Morgan fingerprint density at radius 1 is 0.627 bits per heavy atom. The van der Waals surface area contributed by atoms with Gasteiger partial charge in [-0.05, 0) is 65.7 Å². The number of nitrogens with one attached hydrogen (secondary N) is 1. The van der Waals surface area contributed by atoms with E-state index in [0.717, 1.165) is 27.9 Å². The number of carbonyl (C=O) groups is 4. The number of para-hydroxylation sites is 1. The van der Waals surface area contributed by atoms with Crippen molar-refractivity contribution < 1.29 is 48.3 Å². The molecule has 16 nitrogen and oxygen atoms in total. The van der Waals surface area contributed by atoms with Crippen molar-refractivity contribution in [2.45, 2.75) is 25.6 Å². The van der Waals surface area contributed by atoms with Crippen molar-refractivity contribution >= 4 is 29.4 Å². The minimum absolute atomic E-state index is 0.00862. The lowest BCUT2D eigenvalue weighted by Gasteiger charge is -2.32. The maximum absolute atomic E-state index is 13.8. The molecule has 0 radical (unpaired) electrons. The Labute approximate surface area is 389 Å². The fourth-order valence-electron chi connectivity index (χ4n) is 7.79. The molecule has 1 fully saturated rings. The molecule has 3 N–H and O–H groups in total. The van der Waals surface area contributed by atoms with Crippen LogP contribution in [0.4, 0.5) is 5.69 Å². The van der Waals surface area contributed by atoms with Gasteiger partial charge in [0.2, 0.25) is 5.91 Å². The van der Waals surface area contributed by atoms with Crippen LogP contribution >= 0.6 is 0 Å². The number of fused-ring (bicyclic) bond motifs is 2. The van der Waals surface area contributed by atoms with Gasteiger partial charge in [-0.1, -0.05) is 66.4 Å². The maximum Gasteiger partial charge on any atom is 0.354 e. The number of ether oxygens (including phenoxy) is 4. The lowest BCUT2D eigenvalue weighted by atomic mass is 9.99. The van der Waals surface area contributed by atoms with Crippen LogP contribution in [-0.2, 0) is 36.8 Å². The third-order valence-corrected chi connectivity index (χ3v) is 11.2. The number of hydrogen-bond donors (Lipinski definition) is 3. The van der Waals surface area contributed by atoms with Gasteiger partial charge in [-0.25, -0.2) is 19.6 Å². The first kappa shape index (κ1) is 48.1. The summed E-state index contributed by atoms with van der Waals surface area (Å²) in [6, 6.07) is 31.7. The van der Waals surface area contributed by atoms with Crippen molar-refractivity contribution in [1.29, 1.82) is 0 Å². The first-order valence-corrected chi connectivity index (χ1v) is 22.3. The van der Waals surface area contributed by atoms with E-state index in [1.807, 2.05) is 60.7 Å². The van der Waals surface area contributed by atoms with Crippen LogP contribution in [0.2, 0.25) is 0 Å². The predicted molar refractivity (Wildman–Crippen MR) is 248 cm³/mol. The van der Waals surface area contributed by atoms with Crippen molar-refractivity contribution in [1.82, 2.24) is 25.1 Å². The lowest BCUT2D eigenvalue weighted by Crippen LogP contribution is -2.37. The van der Waals surface area contributed by atoms with Crippen LogP contribution in [0.5, 0.6) is 0 Å². The molecule has 2 amide bonds. The lowest BCUT2D eigenvalue weighted by molar-refractivity contribution is -0.118. The second-order valence-electron chi connectivity index (χ2n) is 15.8. The average Bonchev–Trinajstić information content (AvgIpc) is 3.33. The summed E-state index contributed by atoms with van der Waals surface area (Å²) in [5, 5.41) is 22.1. The van der Waals surface area contributed by atoms with Crippen molar-refractivity contribution in [3.8, 4) is 11.8 Å². The molecule has 2 aliphatic heterocycles. The van der Waals surface area contributed by atoms with E-state index in [9.17, 15) is 29.4 Å². The van der Waals surface area contributed by atoms with Crippen molar-refractivity contribution in [3.05, 3.63) is 160 Å². The quantitative estimate of drug-likeness (QED) is 0.151. The third kappa shape index (κ3) is 13.8. The fraction of sp³-hybridized carbons (Fsp3) is 0.333. The Balaban J connectivity index is 0.988. The highest BCUT2D eigenvalue weighted by Gasteiger charge is 2.26. The molecule has 0 bridgehead atoms. The minimum atomic E-state index is -1.15. The number of rotatable bonds is 11. The van der Waals surface area contributed by atoms with Gasteiger partial charge in [0.1, 0.15) is 11.4 Å². The van der Waals surface area contributed by atoms with Crippen LogP contribution in [0.1, 0.15) is 77.4 Å². The summed E-state index contributed by atoms with van der Waals surface area (Å²) in [7, 11) is 0. The topological polar surface area (TPSA) is 193 Å². The number of amides is 2. The Hall–Kier alpha value is -6.84. The maximum atomic E-state index is 13.8. The third-order valence-electron chi connectivity index (χ3n) is 11.2. The summed E-state index contributed by atoms with van der Waals surface area (Å²) in [6.45, 7) is 5.71. The number of carboxylic acids is 2. The molecule has 7 rings (SSSR count). The van der Waals surface area contributed by atoms with E-state index in [2.05, 4.69) is 36.9 Å².